The maximum atomic E-state index is 11.7. The predicted octanol–water partition coefficient (Wildman–Crippen LogP) is -0.304. The SMILES string of the molecule is CCNC(=NCCc1cccc(C(=O)NC)c1)NCCN1C(=O)CNC1=O. The Kier molecular flexibility index (Phi) is 7.60. The van der Waals surface area contributed by atoms with Crippen molar-refractivity contribution in [3.63, 3.8) is 0 Å². The van der Waals surface area contributed by atoms with Crippen molar-refractivity contribution in [2.24, 2.45) is 4.99 Å². The molecule has 2 rings (SSSR count). The van der Waals surface area contributed by atoms with E-state index in [2.05, 4.69) is 26.3 Å². The van der Waals surface area contributed by atoms with Gasteiger partial charge in [-0.3, -0.25) is 19.5 Å². The number of imide groups is 1. The molecule has 1 fully saturated rings. The number of urea groups is 1. The molecule has 1 saturated heterocycles. The molecule has 0 aliphatic carbocycles. The third-order valence-corrected chi connectivity index (χ3v) is 4.00. The minimum atomic E-state index is -0.361. The monoisotopic (exact) mass is 374 g/mol. The molecule has 0 bridgehead atoms. The van der Waals surface area contributed by atoms with E-state index < -0.39 is 0 Å². The van der Waals surface area contributed by atoms with Crippen LogP contribution in [0, 0.1) is 0 Å². The van der Waals surface area contributed by atoms with Crippen molar-refractivity contribution in [2.45, 2.75) is 13.3 Å². The van der Waals surface area contributed by atoms with Crippen molar-refractivity contribution < 1.29 is 14.4 Å². The van der Waals surface area contributed by atoms with E-state index in [9.17, 15) is 14.4 Å². The first-order chi connectivity index (χ1) is 13.0. The van der Waals surface area contributed by atoms with Crippen LogP contribution >= 0.6 is 0 Å². The first-order valence-electron chi connectivity index (χ1n) is 8.96. The van der Waals surface area contributed by atoms with E-state index in [-0.39, 0.29) is 30.9 Å². The van der Waals surface area contributed by atoms with Gasteiger partial charge in [-0.1, -0.05) is 12.1 Å². The highest BCUT2D eigenvalue weighted by atomic mass is 16.2. The maximum Gasteiger partial charge on any atom is 0.324 e. The summed E-state index contributed by atoms with van der Waals surface area (Å²) in [6.07, 6.45) is 0.689. The van der Waals surface area contributed by atoms with E-state index in [1.54, 1.807) is 13.1 Å². The van der Waals surface area contributed by atoms with Gasteiger partial charge in [0, 0.05) is 38.8 Å². The summed E-state index contributed by atoms with van der Waals surface area (Å²) in [7, 11) is 1.60. The normalized spacial score (nSPS) is 14.1. The van der Waals surface area contributed by atoms with Crippen molar-refractivity contribution >= 4 is 23.8 Å². The van der Waals surface area contributed by atoms with Gasteiger partial charge in [-0.05, 0) is 31.0 Å². The molecule has 1 aliphatic heterocycles. The van der Waals surface area contributed by atoms with Crippen LogP contribution in [0.1, 0.15) is 22.8 Å². The molecule has 1 aliphatic rings. The van der Waals surface area contributed by atoms with E-state index in [1.807, 2.05) is 25.1 Å². The van der Waals surface area contributed by atoms with Crippen LogP contribution in [0.25, 0.3) is 0 Å². The van der Waals surface area contributed by atoms with Gasteiger partial charge in [-0.2, -0.15) is 0 Å². The smallest absolute Gasteiger partial charge is 0.324 e. The van der Waals surface area contributed by atoms with Crippen LogP contribution in [0.15, 0.2) is 29.3 Å². The lowest BCUT2D eigenvalue weighted by atomic mass is 10.1. The quantitative estimate of drug-likeness (QED) is 0.283. The average molecular weight is 374 g/mol. The minimum absolute atomic E-state index is 0.0576. The van der Waals surface area contributed by atoms with Crippen LogP contribution in [0.5, 0.6) is 0 Å². The first-order valence-corrected chi connectivity index (χ1v) is 8.96. The Hall–Kier alpha value is -3.10. The summed E-state index contributed by atoms with van der Waals surface area (Å²) < 4.78 is 0. The minimum Gasteiger partial charge on any atom is -0.357 e. The number of aliphatic imine (C=N–C) groups is 1. The predicted molar refractivity (Wildman–Crippen MR) is 103 cm³/mol. The molecule has 27 heavy (non-hydrogen) atoms. The van der Waals surface area contributed by atoms with Gasteiger partial charge in [-0.15, -0.1) is 0 Å². The second kappa shape index (κ2) is 10.1. The molecule has 0 spiro atoms. The van der Waals surface area contributed by atoms with Gasteiger partial charge >= 0.3 is 6.03 Å². The molecular formula is C18H26N6O3. The Morgan fingerprint density at radius 2 is 2.11 bits per heavy atom. The molecule has 0 radical (unpaired) electrons. The fourth-order valence-electron chi connectivity index (χ4n) is 2.62. The second-order valence-electron chi connectivity index (χ2n) is 5.92. The van der Waals surface area contributed by atoms with E-state index >= 15 is 0 Å². The van der Waals surface area contributed by atoms with Gasteiger partial charge in [0.25, 0.3) is 5.91 Å². The topological polar surface area (TPSA) is 115 Å². The number of guanidine groups is 1. The third-order valence-electron chi connectivity index (χ3n) is 4.00. The van der Waals surface area contributed by atoms with Crippen LogP contribution < -0.4 is 21.3 Å². The highest BCUT2D eigenvalue weighted by molar-refractivity contribution is 6.02. The van der Waals surface area contributed by atoms with Gasteiger partial charge < -0.3 is 21.3 Å². The lowest BCUT2D eigenvalue weighted by molar-refractivity contribution is -0.124. The van der Waals surface area contributed by atoms with Gasteiger partial charge in [0.2, 0.25) is 5.91 Å². The molecule has 4 amide bonds. The summed E-state index contributed by atoms with van der Waals surface area (Å²) in [5.41, 5.74) is 1.65. The fourth-order valence-corrected chi connectivity index (χ4v) is 2.62. The first kappa shape index (κ1) is 20.2. The number of benzene rings is 1. The van der Waals surface area contributed by atoms with E-state index in [4.69, 9.17) is 0 Å². The van der Waals surface area contributed by atoms with Crippen molar-refractivity contribution in [1.82, 2.24) is 26.2 Å². The summed E-state index contributed by atoms with van der Waals surface area (Å²) in [4.78, 5) is 40.4. The molecule has 0 saturated carbocycles. The Morgan fingerprint density at radius 1 is 1.30 bits per heavy atom. The van der Waals surface area contributed by atoms with Crippen LogP contribution in [0.4, 0.5) is 4.79 Å². The van der Waals surface area contributed by atoms with E-state index in [1.165, 1.54) is 4.90 Å². The number of hydrogen-bond donors (Lipinski definition) is 4. The summed E-state index contributed by atoms with van der Waals surface area (Å²) in [6.45, 7) is 3.95. The highest BCUT2D eigenvalue weighted by Crippen LogP contribution is 2.06. The lowest BCUT2D eigenvalue weighted by Gasteiger charge is -2.15. The number of hydrogen-bond acceptors (Lipinski definition) is 4. The molecule has 1 heterocycles. The van der Waals surface area contributed by atoms with Crippen molar-refractivity contribution in [3.8, 4) is 0 Å². The molecule has 0 atom stereocenters. The van der Waals surface area contributed by atoms with Gasteiger partial charge in [0.15, 0.2) is 5.96 Å². The Morgan fingerprint density at radius 3 is 2.78 bits per heavy atom. The highest BCUT2D eigenvalue weighted by Gasteiger charge is 2.27. The molecule has 0 unspecified atom stereocenters. The molecule has 1 aromatic rings. The van der Waals surface area contributed by atoms with Crippen LogP contribution in [0.2, 0.25) is 0 Å². The molecule has 9 nitrogen and oxygen atoms in total. The molecule has 0 aromatic heterocycles. The number of rotatable bonds is 8. The third kappa shape index (κ3) is 5.98. The van der Waals surface area contributed by atoms with Crippen molar-refractivity contribution in [3.05, 3.63) is 35.4 Å². The average Bonchev–Trinajstić information content (AvgIpc) is 2.99. The fraction of sp³-hybridized carbons (Fsp3) is 0.444. The molecule has 1 aromatic carbocycles. The largest absolute Gasteiger partial charge is 0.357 e. The summed E-state index contributed by atoms with van der Waals surface area (Å²) in [6, 6.07) is 7.07. The van der Waals surface area contributed by atoms with Crippen LogP contribution in [0.3, 0.4) is 0 Å². The van der Waals surface area contributed by atoms with Crippen LogP contribution in [-0.4, -0.2) is 68.5 Å². The zero-order valence-corrected chi connectivity index (χ0v) is 15.7. The van der Waals surface area contributed by atoms with Gasteiger partial charge in [0.05, 0.1) is 6.54 Å². The maximum absolute atomic E-state index is 11.7. The molecule has 9 heteroatoms. The molecular weight excluding hydrogens is 348 g/mol. The van der Waals surface area contributed by atoms with Gasteiger partial charge in [-0.25, -0.2) is 4.79 Å². The zero-order chi connectivity index (χ0) is 19.6. The Bertz CT molecular complexity index is 703. The number of carbonyl (C=O) groups excluding carboxylic acids is 3. The number of carbonyl (C=O) groups is 3. The standard InChI is InChI=1S/C18H26N6O3/c1-3-20-17(22-9-10-24-15(25)12-23-18(24)27)21-8-7-13-5-4-6-14(11-13)16(26)19-2/h4-6,11H,3,7-10,12H2,1-2H3,(H,19,26)(H,23,27)(H2,20,21,22). The van der Waals surface area contributed by atoms with Crippen molar-refractivity contribution in [2.75, 3.05) is 39.8 Å². The zero-order valence-electron chi connectivity index (χ0n) is 15.7. The lowest BCUT2D eigenvalue weighted by Crippen LogP contribution is -2.43. The summed E-state index contributed by atoms with van der Waals surface area (Å²) >= 11 is 0. The Balaban J connectivity index is 1.85. The van der Waals surface area contributed by atoms with Crippen LogP contribution in [-0.2, 0) is 11.2 Å². The second-order valence-corrected chi connectivity index (χ2v) is 5.92. The number of amides is 4. The number of nitrogens with one attached hydrogen (secondary N) is 4. The summed E-state index contributed by atoms with van der Waals surface area (Å²) in [5.74, 6) is 0.280. The molecule has 146 valence electrons. The summed E-state index contributed by atoms with van der Waals surface area (Å²) in [5, 5.41) is 11.3. The van der Waals surface area contributed by atoms with E-state index in [0.717, 1.165) is 5.56 Å². The van der Waals surface area contributed by atoms with E-state index in [0.29, 0.717) is 37.6 Å². The Labute approximate surface area is 158 Å². The number of nitrogens with zero attached hydrogens (tertiary/aromatic N) is 2. The van der Waals surface area contributed by atoms with Gasteiger partial charge in [0.1, 0.15) is 0 Å². The van der Waals surface area contributed by atoms with Crippen molar-refractivity contribution in [1.29, 1.82) is 0 Å². The molecule has 4 N–H and O–H groups in total.